The van der Waals surface area contributed by atoms with Crippen LogP contribution in [0.15, 0.2) is 54.6 Å². The quantitative estimate of drug-likeness (QED) is 0.761. The molecule has 122 valence electrons. The molecule has 0 bridgehead atoms. The van der Waals surface area contributed by atoms with Crippen molar-refractivity contribution in [2.75, 3.05) is 27.3 Å². The van der Waals surface area contributed by atoms with Gasteiger partial charge in [0.1, 0.15) is 5.75 Å². The van der Waals surface area contributed by atoms with Crippen molar-refractivity contribution in [3.05, 3.63) is 65.7 Å². The summed E-state index contributed by atoms with van der Waals surface area (Å²) < 4.78 is 5.15. The first-order valence-electron chi connectivity index (χ1n) is 7.69. The second-order valence-corrected chi connectivity index (χ2v) is 5.49. The summed E-state index contributed by atoms with van der Waals surface area (Å²) in [6, 6.07) is 16.8. The van der Waals surface area contributed by atoms with Crippen LogP contribution in [0.3, 0.4) is 0 Å². The van der Waals surface area contributed by atoms with Gasteiger partial charge in [0.05, 0.1) is 19.8 Å². The van der Waals surface area contributed by atoms with Crippen molar-refractivity contribution in [3.8, 4) is 5.75 Å². The highest BCUT2D eigenvalue weighted by Crippen LogP contribution is 2.22. The molecule has 1 atom stereocenters. The van der Waals surface area contributed by atoms with E-state index < -0.39 is 0 Å². The van der Waals surface area contributed by atoms with E-state index >= 15 is 0 Å². The van der Waals surface area contributed by atoms with Crippen LogP contribution < -0.4 is 4.74 Å². The number of aliphatic hydroxyl groups excluding tert-OH is 1. The Balaban J connectivity index is 1.96. The first-order valence-corrected chi connectivity index (χ1v) is 7.69. The van der Waals surface area contributed by atoms with Crippen molar-refractivity contribution in [2.45, 2.75) is 12.5 Å². The number of carbonyl (C=O) groups excluding carboxylic acids is 1. The molecule has 0 aromatic heterocycles. The lowest BCUT2D eigenvalue weighted by molar-refractivity contribution is 0.0938. The molecular weight excluding hydrogens is 290 g/mol. The second kappa shape index (κ2) is 8.46. The molecule has 0 saturated carbocycles. The summed E-state index contributed by atoms with van der Waals surface area (Å²) in [6.07, 6.45) is 0.424. The average Bonchev–Trinajstić information content (AvgIpc) is 2.61. The molecule has 0 saturated heterocycles. The summed E-state index contributed by atoms with van der Waals surface area (Å²) in [7, 11) is 3.54. The van der Waals surface area contributed by atoms with Crippen molar-refractivity contribution in [3.63, 3.8) is 0 Å². The molecule has 1 unspecified atom stereocenters. The van der Waals surface area contributed by atoms with Crippen LogP contribution in [0.5, 0.6) is 5.75 Å². The van der Waals surface area contributed by atoms with E-state index in [4.69, 9.17) is 4.74 Å². The van der Waals surface area contributed by atoms with Gasteiger partial charge in [-0.05, 0) is 24.7 Å². The molecule has 0 aliphatic carbocycles. The first-order chi connectivity index (χ1) is 11.2. The fraction of sp³-hybridized carbons (Fsp3) is 0.316. The fourth-order valence-corrected chi connectivity index (χ4v) is 2.53. The maximum Gasteiger partial charge on any atom is 0.164 e. The van der Waals surface area contributed by atoms with E-state index in [0.717, 1.165) is 16.9 Å². The molecule has 4 heteroatoms. The lowest BCUT2D eigenvalue weighted by atomic mass is 10.0. The number of carbonyl (C=O) groups is 1. The number of likely N-dealkylation sites (N-methyl/N-ethyl adjacent to an activating group) is 1. The monoisotopic (exact) mass is 313 g/mol. The Morgan fingerprint density at radius 2 is 1.78 bits per heavy atom. The van der Waals surface area contributed by atoms with Gasteiger partial charge in [0.25, 0.3) is 0 Å². The molecule has 2 aromatic rings. The van der Waals surface area contributed by atoms with Gasteiger partial charge in [-0.25, -0.2) is 0 Å². The van der Waals surface area contributed by atoms with Crippen molar-refractivity contribution >= 4 is 5.78 Å². The van der Waals surface area contributed by atoms with Gasteiger partial charge < -0.3 is 9.84 Å². The van der Waals surface area contributed by atoms with E-state index in [1.165, 1.54) is 0 Å². The van der Waals surface area contributed by atoms with Crippen LogP contribution in [0.2, 0.25) is 0 Å². The summed E-state index contributed by atoms with van der Waals surface area (Å²) >= 11 is 0. The van der Waals surface area contributed by atoms with Crippen molar-refractivity contribution in [1.82, 2.24) is 4.90 Å². The first kappa shape index (κ1) is 17.2. The molecule has 2 aromatic carbocycles. The number of hydrogen-bond acceptors (Lipinski definition) is 4. The molecule has 0 radical (unpaired) electrons. The highest BCUT2D eigenvalue weighted by Gasteiger charge is 2.17. The Hall–Kier alpha value is -2.17. The fourth-order valence-electron chi connectivity index (χ4n) is 2.53. The van der Waals surface area contributed by atoms with Gasteiger partial charge in [0, 0.05) is 18.5 Å². The third kappa shape index (κ3) is 4.65. The SMILES string of the molecule is COc1ccc(C(CO)N(C)CCC(=O)c2ccccc2)cc1. The third-order valence-electron chi connectivity index (χ3n) is 3.99. The Labute approximate surface area is 137 Å². The Kier molecular flexibility index (Phi) is 6.32. The average molecular weight is 313 g/mol. The van der Waals surface area contributed by atoms with Crippen LogP contribution in [0.25, 0.3) is 0 Å². The highest BCUT2D eigenvalue weighted by molar-refractivity contribution is 5.96. The second-order valence-electron chi connectivity index (χ2n) is 5.49. The lowest BCUT2D eigenvalue weighted by Crippen LogP contribution is -2.29. The summed E-state index contributed by atoms with van der Waals surface area (Å²) in [5.74, 6) is 0.899. The van der Waals surface area contributed by atoms with E-state index in [0.29, 0.717) is 13.0 Å². The zero-order chi connectivity index (χ0) is 16.7. The molecule has 0 fully saturated rings. The smallest absolute Gasteiger partial charge is 0.164 e. The summed E-state index contributed by atoms with van der Waals surface area (Å²) in [5, 5.41) is 9.70. The van der Waals surface area contributed by atoms with E-state index in [-0.39, 0.29) is 18.4 Å². The highest BCUT2D eigenvalue weighted by atomic mass is 16.5. The maximum atomic E-state index is 12.2. The normalized spacial score (nSPS) is 12.2. The number of benzene rings is 2. The minimum absolute atomic E-state index is 0.00234. The van der Waals surface area contributed by atoms with Gasteiger partial charge in [-0.15, -0.1) is 0 Å². The molecule has 4 nitrogen and oxygen atoms in total. The molecule has 2 rings (SSSR count). The zero-order valence-electron chi connectivity index (χ0n) is 13.6. The number of ether oxygens (including phenoxy) is 1. The predicted molar refractivity (Wildman–Crippen MR) is 90.8 cm³/mol. The summed E-state index contributed by atoms with van der Waals surface area (Å²) in [6.45, 7) is 0.591. The van der Waals surface area contributed by atoms with E-state index in [2.05, 4.69) is 0 Å². The molecular formula is C19H23NO3. The summed E-state index contributed by atoms with van der Waals surface area (Å²) in [5.41, 5.74) is 1.73. The van der Waals surface area contributed by atoms with Crippen LogP contribution in [-0.2, 0) is 0 Å². The van der Waals surface area contributed by atoms with E-state index in [1.54, 1.807) is 7.11 Å². The minimum atomic E-state index is -0.135. The molecule has 0 heterocycles. The lowest BCUT2D eigenvalue weighted by Gasteiger charge is -2.26. The predicted octanol–water partition coefficient (Wildman–Crippen LogP) is 2.93. The number of methoxy groups -OCH3 is 1. The molecule has 0 spiro atoms. The van der Waals surface area contributed by atoms with Crippen LogP contribution in [0.1, 0.15) is 28.4 Å². The number of Topliss-reactive ketones (excluding diaryl/α,β-unsaturated/α-hetero) is 1. The standard InChI is InChI=1S/C19H23NO3/c1-20(13-12-19(22)16-6-4-3-5-7-16)18(14-21)15-8-10-17(23-2)11-9-15/h3-11,18,21H,12-14H2,1-2H3. The van der Waals surface area contributed by atoms with Gasteiger partial charge in [-0.3, -0.25) is 9.69 Å². The molecule has 0 aliphatic heterocycles. The van der Waals surface area contributed by atoms with Crippen LogP contribution >= 0.6 is 0 Å². The van der Waals surface area contributed by atoms with Crippen molar-refractivity contribution < 1.29 is 14.6 Å². The largest absolute Gasteiger partial charge is 0.497 e. The van der Waals surface area contributed by atoms with E-state index in [9.17, 15) is 9.90 Å². The third-order valence-corrected chi connectivity index (χ3v) is 3.99. The molecule has 0 aliphatic rings. The number of rotatable bonds is 8. The summed E-state index contributed by atoms with van der Waals surface area (Å²) in [4.78, 5) is 14.2. The van der Waals surface area contributed by atoms with Gasteiger partial charge in [-0.1, -0.05) is 42.5 Å². The Bertz CT molecular complexity index is 610. The van der Waals surface area contributed by atoms with Crippen LogP contribution in [0, 0.1) is 0 Å². The number of aliphatic hydroxyl groups is 1. The van der Waals surface area contributed by atoms with Gasteiger partial charge in [0.15, 0.2) is 5.78 Å². The van der Waals surface area contributed by atoms with Gasteiger partial charge >= 0.3 is 0 Å². The van der Waals surface area contributed by atoms with Gasteiger partial charge in [0.2, 0.25) is 0 Å². The number of nitrogens with zero attached hydrogens (tertiary/aromatic N) is 1. The molecule has 23 heavy (non-hydrogen) atoms. The van der Waals surface area contributed by atoms with Crippen molar-refractivity contribution in [1.29, 1.82) is 0 Å². The Morgan fingerprint density at radius 1 is 1.13 bits per heavy atom. The van der Waals surface area contributed by atoms with Crippen LogP contribution in [-0.4, -0.2) is 43.1 Å². The maximum absolute atomic E-state index is 12.2. The van der Waals surface area contributed by atoms with Gasteiger partial charge in [-0.2, -0.15) is 0 Å². The number of hydrogen-bond donors (Lipinski definition) is 1. The van der Waals surface area contributed by atoms with Crippen molar-refractivity contribution in [2.24, 2.45) is 0 Å². The van der Waals surface area contributed by atoms with E-state index in [1.807, 2.05) is 66.5 Å². The van der Waals surface area contributed by atoms with Crippen LogP contribution in [0.4, 0.5) is 0 Å². The zero-order valence-corrected chi connectivity index (χ0v) is 13.6. The molecule has 1 N–H and O–H groups in total. The molecule has 0 amide bonds. The minimum Gasteiger partial charge on any atom is -0.497 e. The Morgan fingerprint density at radius 3 is 2.35 bits per heavy atom. The topological polar surface area (TPSA) is 49.8 Å². The number of ketones is 1.